The van der Waals surface area contributed by atoms with E-state index in [4.69, 9.17) is 0 Å². The summed E-state index contributed by atoms with van der Waals surface area (Å²) >= 11 is 0. The monoisotopic (exact) mass is 323 g/mol. The SMILES string of the molecule is Cc1nc2ncccn2c1C(=O)NC[C@H](C)N(C)c1ccccc1. The average Bonchev–Trinajstić information content (AvgIpc) is 2.95. The molecule has 0 aliphatic rings. The number of rotatable bonds is 5. The predicted octanol–water partition coefficient (Wildman–Crippen LogP) is 2.29. The third kappa shape index (κ3) is 3.08. The van der Waals surface area contributed by atoms with Crippen molar-refractivity contribution in [3.63, 3.8) is 0 Å². The van der Waals surface area contributed by atoms with Crippen LogP contribution in [0.2, 0.25) is 0 Å². The molecular formula is C18H21N5O. The number of imidazole rings is 1. The van der Waals surface area contributed by atoms with E-state index in [0.717, 1.165) is 5.69 Å². The fraction of sp³-hybridized carbons (Fsp3) is 0.278. The molecule has 0 bridgehead atoms. The van der Waals surface area contributed by atoms with E-state index in [1.54, 1.807) is 22.9 Å². The van der Waals surface area contributed by atoms with Crippen LogP contribution in [0, 0.1) is 6.92 Å². The molecule has 24 heavy (non-hydrogen) atoms. The largest absolute Gasteiger partial charge is 0.370 e. The smallest absolute Gasteiger partial charge is 0.270 e. The maximum atomic E-state index is 12.6. The minimum absolute atomic E-state index is 0.138. The van der Waals surface area contributed by atoms with Gasteiger partial charge in [0.15, 0.2) is 0 Å². The zero-order valence-electron chi connectivity index (χ0n) is 14.1. The lowest BCUT2D eigenvalue weighted by Gasteiger charge is -2.27. The Morgan fingerprint density at radius 1 is 1.29 bits per heavy atom. The van der Waals surface area contributed by atoms with Gasteiger partial charge in [0.05, 0.1) is 5.69 Å². The second-order valence-electron chi connectivity index (χ2n) is 5.84. The van der Waals surface area contributed by atoms with Crippen LogP contribution >= 0.6 is 0 Å². The highest BCUT2D eigenvalue weighted by Gasteiger charge is 2.18. The maximum absolute atomic E-state index is 12.6. The molecule has 3 aromatic rings. The molecule has 0 unspecified atom stereocenters. The number of anilines is 1. The highest BCUT2D eigenvalue weighted by molar-refractivity contribution is 5.94. The van der Waals surface area contributed by atoms with Crippen LogP contribution in [0.4, 0.5) is 5.69 Å². The summed E-state index contributed by atoms with van der Waals surface area (Å²) in [4.78, 5) is 23.2. The van der Waals surface area contributed by atoms with Crippen LogP contribution in [0.1, 0.15) is 23.1 Å². The molecule has 0 saturated carbocycles. The van der Waals surface area contributed by atoms with Crippen molar-refractivity contribution in [3.05, 3.63) is 60.2 Å². The molecular weight excluding hydrogens is 302 g/mol. The van der Waals surface area contributed by atoms with Gasteiger partial charge in [-0.15, -0.1) is 0 Å². The first-order valence-corrected chi connectivity index (χ1v) is 7.93. The van der Waals surface area contributed by atoms with E-state index in [2.05, 4.69) is 39.2 Å². The number of hydrogen-bond acceptors (Lipinski definition) is 4. The molecule has 0 aliphatic carbocycles. The van der Waals surface area contributed by atoms with Crippen molar-refractivity contribution in [1.29, 1.82) is 0 Å². The summed E-state index contributed by atoms with van der Waals surface area (Å²) in [6, 6.07) is 12.1. The molecule has 0 radical (unpaired) electrons. The van der Waals surface area contributed by atoms with Crippen LogP contribution in [0.15, 0.2) is 48.8 Å². The molecule has 0 saturated heterocycles. The van der Waals surface area contributed by atoms with Gasteiger partial charge in [0.1, 0.15) is 5.69 Å². The Labute approximate surface area is 141 Å². The van der Waals surface area contributed by atoms with Crippen molar-refractivity contribution in [1.82, 2.24) is 19.7 Å². The molecule has 1 atom stereocenters. The zero-order valence-corrected chi connectivity index (χ0v) is 14.1. The quantitative estimate of drug-likeness (QED) is 0.782. The minimum Gasteiger partial charge on any atom is -0.370 e. The van der Waals surface area contributed by atoms with Gasteiger partial charge in [-0.1, -0.05) is 18.2 Å². The number of amides is 1. The number of nitrogens with zero attached hydrogens (tertiary/aromatic N) is 4. The first kappa shape index (κ1) is 16.0. The lowest BCUT2D eigenvalue weighted by Crippen LogP contribution is -2.40. The summed E-state index contributed by atoms with van der Waals surface area (Å²) in [7, 11) is 2.02. The van der Waals surface area contributed by atoms with E-state index in [9.17, 15) is 4.79 Å². The molecule has 1 N–H and O–H groups in total. The van der Waals surface area contributed by atoms with Crippen LogP contribution in [0.5, 0.6) is 0 Å². The van der Waals surface area contributed by atoms with Crippen molar-refractivity contribution < 1.29 is 4.79 Å². The van der Waals surface area contributed by atoms with Gasteiger partial charge < -0.3 is 10.2 Å². The molecule has 0 fully saturated rings. The maximum Gasteiger partial charge on any atom is 0.270 e. The number of benzene rings is 1. The highest BCUT2D eigenvalue weighted by atomic mass is 16.2. The van der Waals surface area contributed by atoms with Crippen LogP contribution in [-0.2, 0) is 0 Å². The van der Waals surface area contributed by atoms with Gasteiger partial charge >= 0.3 is 0 Å². The first-order valence-electron chi connectivity index (χ1n) is 7.93. The normalized spacial score (nSPS) is 12.1. The number of carbonyl (C=O) groups excluding carboxylic acids is 1. The Kier molecular flexibility index (Phi) is 4.46. The van der Waals surface area contributed by atoms with E-state index < -0.39 is 0 Å². The molecule has 6 nitrogen and oxygen atoms in total. The fourth-order valence-corrected chi connectivity index (χ4v) is 2.65. The van der Waals surface area contributed by atoms with Crippen molar-refractivity contribution in [2.75, 3.05) is 18.5 Å². The van der Waals surface area contributed by atoms with Gasteiger partial charge in [0, 0.05) is 37.7 Å². The summed E-state index contributed by atoms with van der Waals surface area (Å²) in [6.45, 7) is 4.44. The third-order valence-corrected chi connectivity index (χ3v) is 4.18. The topological polar surface area (TPSA) is 62.5 Å². The van der Waals surface area contributed by atoms with E-state index in [0.29, 0.717) is 23.7 Å². The molecule has 1 aromatic carbocycles. The molecule has 3 rings (SSSR count). The average molecular weight is 323 g/mol. The van der Waals surface area contributed by atoms with Crippen molar-refractivity contribution in [2.24, 2.45) is 0 Å². The van der Waals surface area contributed by atoms with Crippen LogP contribution in [0.3, 0.4) is 0 Å². The Hall–Kier alpha value is -2.89. The van der Waals surface area contributed by atoms with Crippen LogP contribution in [-0.4, -0.2) is 39.9 Å². The number of hydrogen-bond donors (Lipinski definition) is 1. The summed E-state index contributed by atoms with van der Waals surface area (Å²) in [6.07, 6.45) is 3.47. The minimum atomic E-state index is -0.138. The van der Waals surface area contributed by atoms with Crippen molar-refractivity contribution >= 4 is 17.4 Å². The lowest BCUT2D eigenvalue weighted by atomic mass is 10.2. The molecule has 2 aromatic heterocycles. The van der Waals surface area contributed by atoms with Gasteiger partial charge in [0.25, 0.3) is 5.91 Å². The number of fused-ring (bicyclic) bond motifs is 1. The van der Waals surface area contributed by atoms with Gasteiger partial charge in [-0.2, -0.15) is 0 Å². The molecule has 1 amide bonds. The van der Waals surface area contributed by atoms with E-state index in [-0.39, 0.29) is 11.9 Å². The zero-order chi connectivity index (χ0) is 17.1. The summed E-state index contributed by atoms with van der Waals surface area (Å²) in [5.41, 5.74) is 2.33. The highest BCUT2D eigenvalue weighted by Crippen LogP contribution is 2.14. The molecule has 6 heteroatoms. The second kappa shape index (κ2) is 6.70. The Morgan fingerprint density at radius 2 is 2.04 bits per heavy atom. The Morgan fingerprint density at radius 3 is 2.79 bits per heavy atom. The standard InChI is InChI=1S/C18H21N5O/c1-13(22(3)15-8-5-4-6-9-15)12-20-17(24)16-14(2)21-18-19-10-7-11-23(16)18/h4-11,13H,12H2,1-3H3,(H,20,24)/t13-/m0/s1. The predicted molar refractivity (Wildman–Crippen MR) is 94.4 cm³/mol. The fourth-order valence-electron chi connectivity index (χ4n) is 2.65. The Balaban J connectivity index is 1.70. The summed E-state index contributed by atoms with van der Waals surface area (Å²) in [5.74, 6) is 0.399. The Bertz CT molecular complexity index is 843. The number of nitrogens with one attached hydrogen (secondary N) is 1. The van der Waals surface area contributed by atoms with Gasteiger partial charge in [-0.3, -0.25) is 9.20 Å². The van der Waals surface area contributed by atoms with Crippen LogP contribution < -0.4 is 10.2 Å². The van der Waals surface area contributed by atoms with Crippen molar-refractivity contribution in [3.8, 4) is 0 Å². The second-order valence-corrected chi connectivity index (χ2v) is 5.84. The number of carbonyl (C=O) groups is 1. The molecule has 2 heterocycles. The third-order valence-electron chi connectivity index (χ3n) is 4.18. The van der Waals surface area contributed by atoms with Crippen LogP contribution in [0.25, 0.3) is 5.78 Å². The first-order chi connectivity index (χ1) is 11.6. The number of likely N-dealkylation sites (N-methyl/N-ethyl adjacent to an activating group) is 1. The van der Waals surface area contributed by atoms with E-state index >= 15 is 0 Å². The molecule has 0 spiro atoms. The van der Waals surface area contributed by atoms with E-state index in [1.165, 1.54) is 0 Å². The summed E-state index contributed by atoms with van der Waals surface area (Å²) < 4.78 is 1.72. The van der Waals surface area contributed by atoms with Gasteiger partial charge in [0.2, 0.25) is 5.78 Å². The molecule has 124 valence electrons. The molecule has 0 aliphatic heterocycles. The number of aryl methyl sites for hydroxylation is 1. The van der Waals surface area contributed by atoms with Gasteiger partial charge in [-0.25, -0.2) is 9.97 Å². The van der Waals surface area contributed by atoms with Gasteiger partial charge in [-0.05, 0) is 32.0 Å². The lowest BCUT2D eigenvalue weighted by molar-refractivity contribution is 0.0945. The number of aromatic nitrogens is 3. The van der Waals surface area contributed by atoms with E-state index in [1.807, 2.05) is 32.2 Å². The summed E-state index contributed by atoms with van der Waals surface area (Å²) in [5, 5.41) is 3.00. The van der Waals surface area contributed by atoms with Crippen molar-refractivity contribution in [2.45, 2.75) is 19.9 Å². The number of para-hydroxylation sites is 1.